The van der Waals surface area contributed by atoms with E-state index in [4.69, 9.17) is 5.73 Å². The quantitative estimate of drug-likeness (QED) is 0.832. The van der Waals surface area contributed by atoms with Crippen molar-refractivity contribution in [2.24, 2.45) is 5.73 Å². The fraction of sp³-hybridized carbons (Fsp3) is 0.364. The van der Waals surface area contributed by atoms with Gasteiger partial charge in [-0.1, -0.05) is 19.1 Å². The van der Waals surface area contributed by atoms with E-state index in [1.54, 1.807) is 31.2 Å². The molecule has 0 saturated carbocycles. The van der Waals surface area contributed by atoms with E-state index in [0.717, 1.165) is 5.56 Å². The molecule has 88 valence electrons. The van der Waals surface area contributed by atoms with E-state index in [2.05, 4.69) is 0 Å². The van der Waals surface area contributed by atoms with Gasteiger partial charge in [-0.25, -0.2) is 8.42 Å². The number of aryl methyl sites for hydroxylation is 1. The number of primary amides is 1. The molecule has 0 fully saturated rings. The average Bonchev–Trinajstić information content (AvgIpc) is 2.27. The van der Waals surface area contributed by atoms with Gasteiger partial charge in [-0.2, -0.15) is 0 Å². The molecule has 0 aliphatic rings. The average molecular weight is 241 g/mol. The van der Waals surface area contributed by atoms with Crippen molar-refractivity contribution in [3.8, 4) is 0 Å². The maximum atomic E-state index is 11.5. The fourth-order valence-electron chi connectivity index (χ4n) is 1.30. The summed E-state index contributed by atoms with van der Waals surface area (Å²) in [6, 6.07) is 6.56. The van der Waals surface area contributed by atoms with Gasteiger partial charge in [-0.15, -0.1) is 0 Å². The van der Waals surface area contributed by atoms with Gasteiger partial charge in [0.15, 0.2) is 9.84 Å². The molecule has 0 saturated heterocycles. The molecule has 1 aromatic rings. The van der Waals surface area contributed by atoms with Crippen LogP contribution in [-0.4, -0.2) is 20.1 Å². The summed E-state index contributed by atoms with van der Waals surface area (Å²) in [6.45, 7) is 1.61. The first-order valence-corrected chi connectivity index (χ1v) is 6.71. The number of rotatable bonds is 5. The molecule has 0 atom stereocenters. The number of hydrogen-bond acceptors (Lipinski definition) is 3. The zero-order chi connectivity index (χ0) is 12.2. The lowest BCUT2D eigenvalue weighted by atomic mass is 10.1. The number of carbonyl (C=O) groups is 1. The Hall–Kier alpha value is -1.36. The second-order valence-electron chi connectivity index (χ2n) is 3.51. The summed E-state index contributed by atoms with van der Waals surface area (Å²) in [5.74, 6) is -0.265. The highest BCUT2D eigenvalue weighted by molar-refractivity contribution is 7.91. The van der Waals surface area contributed by atoms with Crippen molar-refractivity contribution in [1.82, 2.24) is 0 Å². The van der Waals surface area contributed by atoms with Crippen LogP contribution < -0.4 is 5.73 Å². The highest BCUT2D eigenvalue weighted by atomic mass is 32.2. The minimum atomic E-state index is -3.14. The highest BCUT2D eigenvalue weighted by Gasteiger charge is 2.10. The van der Waals surface area contributed by atoms with E-state index in [1.165, 1.54) is 0 Å². The molecule has 2 N–H and O–H groups in total. The molecule has 1 aromatic carbocycles. The first-order chi connectivity index (χ1) is 7.45. The van der Waals surface area contributed by atoms with E-state index in [-0.39, 0.29) is 18.1 Å². The normalized spacial score (nSPS) is 11.3. The van der Waals surface area contributed by atoms with Gasteiger partial charge in [0.2, 0.25) is 5.91 Å². The van der Waals surface area contributed by atoms with Gasteiger partial charge in [-0.3, -0.25) is 4.79 Å². The molecule has 0 radical (unpaired) electrons. The van der Waals surface area contributed by atoms with Gasteiger partial charge in [0.25, 0.3) is 0 Å². The zero-order valence-electron chi connectivity index (χ0n) is 9.14. The van der Waals surface area contributed by atoms with Gasteiger partial charge in [0.1, 0.15) is 0 Å². The lowest BCUT2D eigenvalue weighted by Gasteiger charge is -2.03. The maximum absolute atomic E-state index is 11.5. The SMILES string of the molecule is CCS(=O)(=O)c1ccc(CCC(N)=O)cc1. The number of amides is 1. The minimum Gasteiger partial charge on any atom is -0.370 e. The topological polar surface area (TPSA) is 77.2 Å². The van der Waals surface area contributed by atoms with Gasteiger partial charge < -0.3 is 5.73 Å². The Balaban J connectivity index is 2.80. The standard InChI is InChI=1S/C11H15NO3S/c1-2-16(14,15)10-6-3-9(4-7-10)5-8-11(12)13/h3-4,6-7H,2,5,8H2,1H3,(H2,12,13). The largest absolute Gasteiger partial charge is 0.370 e. The minimum absolute atomic E-state index is 0.0909. The highest BCUT2D eigenvalue weighted by Crippen LogP contribution is 2.13. The van der Waals surface area contributed by atoms with Crippen LogP contribution in [0.15, 0.2) is 29.2 Å². The van der Waals surface area contributed by atoms with Crippen LogP contribution in [0.1, 0.15) is 18.9 Å². The summed E-state index contributed by atoms with van der Waals surface area (Å²) in [4.78, 5) is 10.9. The summed E-state index contributed by atoms with van der Waals surface area (Å²) < 4.78 is 23.0. The Kier molecular flexibility index (Phi) is 4.06. The molecule has 0 aliphatic carbocycles. The number of sulfone groups is 1. The lowest BCUT2D eigenvalue weighted by Crippen LogP contribution is -2.11. The molecule has 0 bridgehead atoms. The summed E-state index contributed by atoms with van der Waals surface area (Å²) in [7, 11) is -3.14. The van der Waals surface area contributed by atoms with E-state index in [9.17, 15) is 13.2 Å². The Morgan fingerprint density at radius 3 is 2.25 bits per heavy atom. The van der Waals surface area contributed by atoms with Crippen LogP contribution in [-0.2, 0) is 21.1 Å². The van der Waals surface area contributed by atoms with Crippen molar-refractivity contribution in [2.45, 2.75) is 24.7 Å². The third-order valence-corrected chi connectivity index (χ3v) is 4.07. The molecule has 1 rings (SSSR count). The zero-order valence-corrected chi connectivity index (χ0v) is 9.96. The van der Waals surface area contributed by atoms with Gasteiger partial charge in [0, 0.05) is 6.42 Å². The summed E-state index contributed by atoms with van der Waals surface area (Å²) >= 11 is 0. The maximum Gasteiger partial charge on any atom is 0.217 e. The van der Waals surface area contributed by atoms with Crippen molar-refractivity contribution in [2.75, 3.05) is 5.75 Å². The second kappa shape index (κ2) is 5.12. The summed E-state index contributed by atoms with van der Waals surface area (Å²) in [5.41, 5.74) is 5.94. The van der Waals surface area contributed by atoms with Crippen LogP contribution in [0.25, 0.3) is 0 Å². The Morgan fingerprint density at radius 1 is 1.25 bits per heavy atom. The Bertz CT molecular complexity index is 463. The van der Waals surface area contributed by atoms with Gasteiger partial charge >= 0.3 is 0 Å². The van der Waals surface area contributed by atoms with Gasteiger partial charge in [0.05, 0.1) is 10.6 Å². The van der Waals surface area contributed by atoms with E-state index < -0.39 is 9.84 Å². The predicted octanol–water partition coefficient (Wildman–Crippen LogP) is 0.898. The van der Waals surface area contributed by atoms with Crippen LogP contribution in [0.5, 0.6) is 0 Å². The van der Waals surface area contributed by atoms with Crippen LogP contribution in [0.3, 0.4) is 0 Å². The smallest absolute Gasteiger partial charge is 0.217 e. The molecular formula is C11H15NO3S. The molecule has 1 amide bonds. The first kappa shape index (κ1) is 12.7. The first-order valence-electron chi connectivity index (χ1n) is 5.05. The molecule has 0 aromatic heterocycles. The van der Waals surface area contributed by atoms with Gasteiger partial charge in [-0.05, 0) is 24.1 Å². The summed E-state index contributed by atoms with van der Waals surface area (Å²) in [5, 5.41) is 0. The van der Waals surface area contributed by atoms with Crippen molar-refractivity contribution in [3.63, 3.8) is 0 Å². The van der Waals surface area contributed by atoms with Crippen LogP contribution >= 0.6 is 0 Å². The molecule has 4 nitrogen and oxygen atoms in total. The fourth-order valence-corrected chi connectivity index (χ4v) is 2.18. The molecule has 0 spiro atoms. The van der Waals surface area contributed by atoms with Crippen molar-refractivity contribution < 1.29 is 13.2 Å². The van der Waals surface area contributed by atoms with E-state index >= 15 is 0 Å². The second-order valence-corrected chi connectivity index (χ2v) is 5.79. The van der Waals surface area contributed by atoms with Crippen LogP contribution in [0.2, 0.25) is 0 Å². The van der Waals surface area contributed by atoms with Crippen LogP contribution in [0, 0.1) is 0 Å². The molecule has 0 unspecified atom stereocenters. The Labute approximate surface area is 95.4 Å². The third kappa shape index (κ3) is 3.34. The number of hydrogen-bond donors (Lipinski definition) is 1. The summed E-state index contributed by atoms with van der Waals surface area (Å²) in [6.07, 6.45) is 0.821. The number of benzene rings is 1. The van der Waals surface area contributed by atoms with Crippen molar-refractivity contribution in [1.29, 1.82) is 0 Å². The number of carbonyl (C=O) groups excluding carboxylic acids is 1. The number of nitrogens with two attached hydrogens (primary N) is 1. The third-order valence-electron chi connectivity index (χ3n) is 2.32. The van der Waals surface area contributed by atoms with E-state index in [0.29, 0.717) is 11.3 Å². The predicted molar refractivity (Wildman–Crippen MR) is 61.7 cm³/mol. The van der Waals surface area contributed by atoms with Crippen LogP contribution in [0.4, 0.5) is 0 Å². The van der Waals surface area contributed by atoms with Crippen molar-refractivity contribution in [3.05, 3.63) is 29.8 Å². The molecule has 0 aliphatic heterocycles. The molecule has 0 heterocycles. The Morgan fingerprint density at radius 2 is 1.81 bits per heavy atom. The molecular weight excluding hydrogens is 226 g/mol. The molecule has 16 heavy (non-hydrogen) atoms. The lowest BCUT2D eigenvalue weighted by molar-refractivity contribution is -0.117. The monoisotopic (exact) mass is 241 g/mol. The van der Waals surface area contributed by atoms with Crippen molar-refractivity contribution >= 4 is 15.7 Å². The van der Waals surface area contributed by atoms with E-state index in [1.807, 2.05) is 0 Å². The molecule has 5 heteroatoms.